The molecule has 0 spiro atoms. The average molecular weight is 281 g/mol. The molecule has 2 rings (SSSR count). The molecule has 4 heteroatoms. The maximum Gasteiger partial charge on any atom is 0.0926 e. The second kappa shape index (κ2) is 6.32. The van der Waals surface area contributed by atoms with Crippen molar-refractivity contribution in [2.24, 2.45) is 0 Å². The highest BCUT2D eigenvalue weighted by atomic mass is 35.5. The van der Waals surface area contributed by atoms with E-state index in [0.717, 1.165) is 23.7 Å². The van der Waals surface area contributed by atoms with E-state index < -0.39 is 0 Å². The van der Waals surface area contributed by atoms with Crippen LogP contribution >= 0.6 is 22.9 Å². The van der Waals surface area contributed by atoms with Crippen molar-refractivity contribution in [1.82, 2.24) is 10.3 Å². The number of nitrogens with zero attached hydrogens (tertiary/aromatic N) is 1. The summed E-state index contributed by atoms with van der Waals surface area (Å²) in [6, 6.07) is 8.23. The molecular formula is C14H17ClN2S. The van der Waals surface area contributed by atoms with Gasteiger partial charge in [0.05, 0.1) is 10.7 Å². The normalized spacial score (nSPS) is 12.6. The van der Waals surface area contributed by atoms with Gasteiger partial charge in [0.1, 0.15) is 0 Å². The SMILES string of the molecule is CCc1nc(CN[C@H](C)c2cccc(Cl)c2)cs1. The van der Waals surface area contributed by atoms with E-state index in [4.69, 9.17) is 11.6 Å². The first kappa shape index (κ1) is 13.5. The van der Waals surface area contributed by atoms with Gasteiger partial charge in [-0.25, -0.2) is 4.98 Å². The summed E-state index contributed by atoms with van der Waals surface area (Å²) in [4.78, 5) is 4.54. The Labute approximate surface area is 117 Å². The molecule has 0 bridgehead atoms. The largest absolute Gasteiger partial charge is 0.305 e. The molecule has 0 saturated carbocycles. The van der Waals surface area contributed by atoms with Crippen molar-refractivity contribution in [2.75, 3.05) is 0 Å². The van der Waals surface area contributed by atoms with Crippen LogP contribution in [0.1, 0.15) is 36.2 Å². The monoisotopic (exact) mass is 280 g/mol. The minimum absolute atomic E-state index is 0.274. The van der Waals surface area contributed by atoms with Gasteiger partial charge in [-0.05, 0) is 31.0 Å². The second-order valence-electron chi connectivity index (χ2n) is 4.24. The molecule has 0 aliphatic rings. The van der Waals surface area contributed by atoms with Gasteiger partial charge in [0.15, 0.2) is 0 Å². The van der Waals surface area contributed by atoms with Gasteiger partial charge in [-0.1, -0.05) is 30.7 Å². The van der Waals surface area contributed by atoms with Crippen molar-refractivity contribution in [2.45, 2.75) is 32.9 Å². The Bertz CT molecular complexity index is 510. The molecule has 0 aliphatic heterocycles. The number of hydrogen-bond acceptors (Lipinski definition) is 3. The van der Waals surface area contributed by atoms with Gasteiger partial charge < -0.3 is 5.32 Å². The van der Waals surface area contributed by atoms with E-state index >= 15 is 0 Å². The summed E-state index contributed by atoms with van der Waals surface area (Å²) >= 11 is 7.72. The molecule has 1 N–H and O–H groups in total. The smallest absolute Gasteiger partial charge is 0.0926 e. The van der Waals surface area contributed by atoms with Crippen molar-refractivity contribution >= 4 is 22.9 Å². The topological polar surface area (TPSA) is 24.9 Å². The Hall–Kier alpha value is -0.900. The molecule has 96 valence electrons. The maximum atomic E-state index is 5.99. The number of aromatic nitrogens is 1. The Kier molecular flexibility index (Phi) is 4.75. The zero-order valence-corrected chi connectivity index (χ0v) is 12.2. The van der Waals surface area contributed by atoms with Gasteiger partial charge in [0.25, 0.3) is 0 Å². The lowest BCUT2D eigenvalue weighted by molar-refractivity contribution is 0.568. The summed E-state index contributed by atoms with van der Waals surface area (Å²) in [6.45, 7) is 5.06. The number of nitrogens with one attached hydrogen (secondary N) is 1. The summed E-state index contributed by atoms with van der Waals surface area (Å²) in [5.41, 5.74) is 2.32. The maximum absolute atomic E-state index is 5.99. The van der Waals surface area contributed by atoms with E-state index in [1.165, 1.54) is 10.6 Å². The lowest BCUT2D eigenvalue weighted by Crippen LogP contribution is -2.18. The molecule has 0 radical (unpaired) electrons. The molecule has 0 fully saturated rings. The van der Waals surface area contributed by atoms with Crippen molar-refractivity contribution in [1.29, 1.82) is 0 Å². The third-order valence-electron chi connectivity index (χ3n) is 2.84. The predicted molar refractivity (Wildman–Crippen MR) is 78.2 cm³/mol. The summed E-state index contributed by atoms with van der Waals surface area (Å²) < 4.78 is 0. The van der Waals surface area contributed by atoms with E-state index in [0.29, 0.717) is 0 Å². The third kappa shape index (κ3) is 3.55. The van der Waals surface area contributed by atoms with E-state index in [1.54, 1.807) is 11.3 Å². The molecule has 0 aliphatic carbocycles. The summed E-state index contributed by atoms with van der Waals surface area (Å²) in [7, 11) is 0. The lowest BCUT2D eigenvalue weighted by atomic mass is 10.1. The fraction of sp³-hybridized carbons (Fsp3) is 0.357. The molecule has 18 heavy (non-hydrogen) atoms. The molecule has 0 saturated heterocycles. The number of hydrogen-bond donors (Lipinski definition) is 1. The lowest BCUT2D eigenvalue weighted by Gasteiger charge is -2.13. The van der Waals surface area contributed by atoms with Gasteiger partial charge in [0.2, 0.25) is 0 Å². The Morgan fingerprint density at radius 2 is 2.28 bits per heavy atom. The van der Waals surface area contributed by atoms with E-state index in [1.807, 2.05) is 18.2 Å². The molecule has 0 unspecified atom stereocenters. The molecule has 1 aromatic heterocycles. The molecule has 2 aromatic rings. The van der Waals surface area contributed by atoms with Crippen molar-refractivity contribution in [3.05, 3.63) is 50.9 Å². The molecule has 0 amide bonds. The van der Waals surface area contributed by atoms with Gasteiger partial charge in [0, 0.05) is 23.0 Å². The highest BCUT2D eigenvalue weighted by Crippen LogP contribution is 2.18. The van der Waals surface area contributed by atoms with Crippen LogP contribution in [-0.4, -0.2) is 4.98 Å². The Balaban J connectivity index is 1.93. The Morgan fingerprint density at radius 1 is 1.44 bits per heavy atom. The summed E-state index contributed by atoms with van der Waals surface area (Å²) in [5, 5.41) is 7.56. The molecule has 1 aromatic carbocycles. The second-order valence-corrected chi connectivity index (χ2v) is 5.62. The van der Waals surface area contributed by atoms with Crippen molar-refractivity contribution < 1.29 is 0 Å². The van der Waals surface area contributed by atoms with Crippen LogP contribution in [0.3, 0.4) is 0 Å². The van der Waals surface area contributed by atoms with Crippen LogP contribution in [0.5, 0.6) is 0 Å². The average Bonchev–Trinajstić information content (AvgIpc) is 2.84. The van der Waals surface area contributed by atoms with Crippen LogP contribution in [0, 0.1) is 0 Å². The van der Waals surface area contributed by atoms with Crippen LogP contribution in [-0.2, 0) is 13.0 Å². The first-order valence-electron chi connectivity index (χ1n) is 6.11. The number of thiazole rings is 1. The quantitative estimate of drug-likeness (QED) is 0.887. The van der Waals surface area contributed by atoms with Crippen LogP contribution < -0.4 is 5.32 Å². The highest BCUT2D eigenvalue weighted by molar-refractivity contribution is 7.09. The van der Waals surface area contributed by atoms with Crippen LogP contribution in [0.15, 0.2) is 29.6 Å². The zero-order valence-electron chi connectivity index (χ0n) is 10.6. The zero-order chi connectivity index (χ0) is 13.0. The first-order chi connectivity index (χ1) is 8.69. The standard InChI is InChI=1S/C14H17ClN2S/c1-3-14-17-13(9-18-14)8-16-10(2)11-5-4-6-12(15)7-11/h4-7,9-10,16H,3,8H2,1-2H3/t10-/m1/s1. The van der Waals surface area contributed by atoms with Gasteiger partial charge in [-0.3, -0.25) is 0 Å². The van der Waals surface area contributed by atoms with Gasteiger partial charge >= 0.3 is 0 Å². The first-order valence-corrected chi connectivity index (χ1v) is 7.37. The van der Waals surface area contributed by atoms with Gasteiger partial charge in [-0.15, -0.1) is 11.3 Å². The van der Waals surface area contributed by atoms with Crippen LogP contribution in [0.2, 0.25) is 5.02 Å². The number of rotatable bonds is 5. The van der Waals surface area contributed by atoms with Crippen molar-refractivity contribution in [3.63, 3.8) is 0 Å². The number of halogens is 1. The minimum Gasteiger partial charge on any atom is -0.305 e. The summed E-state index contributed by atoms with van der Waals surface area (Å²) in [5.74, 6) is 0. The predicted octanol–water partition coefficient (Wildman–Crippen LogP) is 4.21. The minimum atomic E-state index is 0.274. The summed E-state index contributed by atoms with van der Waals surface area (Å²) in [6.07, 6.45) is 1.01. The molecule has 1 heterocycles. The van der Waals surface area contributed by atoms with Crippen LogP contribution in [0.25, 0.3) is 0 Å². The fourth-order valence-electron chi connectivity index (χ4n) is 1.74. The van der Waals surface area contributed by atoms with Crippen LogP contribution in [0.4, 0.5) is 0 Å². The number of aryl methyl sites for hydroxylation is 1. The van der Waals surface area contributed by atoms with E-state index in [2.05, 4.69) is 35.6 Å². The Morgan fingerprint density at radius 3 is 2.94 bits per heavy atom. The van der Waals surface area contributed by atoms with Crippen molar-refractivity contribution in [3.8, 4) is 0 Å². The number of benzene rings is 1. The molecular weight excluding hydrogens is 264 g/mol. The highest BCUT2D eigenvalue weighted by Gasteiger charge is 2.06. The van der Waals surface area contributed by atoms with E-state index in [9.17, 15) is 0 Å². The van der Waals surface area contributed by atoms with Gasteiger partial charge in [-0.2, -0.15) is 0 Å². The van der Waals surface area contributed by atoms with E-state index in [-0.39, 0.29) is 6.04 Å². The molecule has 2 nitrogen and oxygen atoms in total. The molecule has 1 atom stereocenters. The third-order valence-corrected chi connectivity index (χ3v) is 4.12. The fourth-order valence-corrected chi connectivity index (χ4v) is 2.69.